The van der Waals surface area contributed by atoms with E-state index in [-0.39, 0.29) is 5.75 Å². The van der Waals surface area contributed by atoms with Crippen LogP contribution in [0.2, 0.25) is 0 Å². The van der Waals surface area contributed by atoms with Gasteiger partial charge < -0.3 is 14.9 Å². The van der Waals surface area contributed by atoms with Crippen LogP contribution in [0.3, 0.4) is 0 Å². The third kappa shape index (κ3) is 1.43. The highest BCUT2D eigenvalue weighted by Crippen LogP contribution is 2.33. The summed E-state index contributed by atoms with van der Waals surface area (Å²) >= 11 is 0. The van der Waals surface area contributed by atoms with E-state index in [4.69, 9.17) is 4.52 Å². The fraction of sp³-hybridized carbons (Fsp3) is 0.250. The number of phenols is 1. The molecule has 0 radical (unpaired) electrons. The number of benzene rings is 1. The summed E-state index contributed by atoms with van der Waals surface area (Å²) in [4.78, 5) is 0. The van der Waals surface area contributed by atoms with Crippen molar-refractivity contribution in [1.82, 2.24) is 5.16 Å². The lowest BCUT2D eigenvalue weighted by atomic mass is 10.1. The van der Waals surface area contributed by atoms with Gasteiger partial charge in [-0.1, -0.05) is 5.16 Å². The molecule has 2 aromatic rings. The first-order chi connectivity index (χ1) is 7.84. The van der Waals surface area contributed by atoms with Crippen LogP contribution in [0.15, 0.2) is 28.8 Å². The Morgan fingerprint density at radius 1 is 1.25 bits per heavy atom. The molecule has 0 aliphatic carbocycles. The van der Waals surface area contributed by atoms with Gasteiger partial charge in [0.1, 0.15) is 17.1 Å². The zero-order valence-corrected chi connectivity index (χ0v) is 8.73. The van der Waals surface area contributed by atoms with Gasteiger partial charge in [0.2, 0.25) is 0 Å². The number of fused-ring (bicyclic) bond motifs is 1. The maximum Gasteiger partial charge on any atom is 0.160 e. The Hall–Kier alpha value is -1.97. The Morgan fingerprint density at radius 2 is 2.06 bits per heavy atom. The summed E-state index contributed by atoms with van der Waals surface area (Å²) in [6, 6.07) is 6.98. The SMILES string of the molecule is Oc1ccc(-c2noc3c2NCCC3)cc1. The Balaban J connectivity index is 2.06. The highest BCUT2D eigenvalue weighted by Gasteiger charge is 2.19. The smallest absolute Gasteiger partial charge is 0.160 e. The van der Waals surface area contributed by atoms with E-state index in [0.29, 0.717) is 0 Å². The van der Waals surface area contributed by atoms with Crippen LogP contribution >= 0.6 is 0 Å². The molecule has 1 aromatic heterocycles. The quantitative estimate of drug-likeness (QED) is 0.768. The molecule has 0 amide bonds. The summed E-state index contributed by atoms with van der Waals surface area (Å²) in [7, 11) is 0. The number of rotatable bonds is 1. The van der Waals surface area contributed by atoms with Crippen molar-refractivity contribution in [2.24, 2.45) is 0 Å². The first kappa shape index (κ1) is 9.27. The van der Waals surface area contributed by atoms with E-state index >= 15 is 0 Å². The lowest BCUT2D eigenvalue weighted by molar-refractivity contribution is 0.382. The number of nitrogens with one attached hydrogen (secondary N) is 1. The van der Waals surface area contributed by atoms with E-state index < -0.39 is 0 Å². The average molecular weight is 216 g/mol. The van der Waals surface area contributed by atoms with Crippen LogP contribution in [-0.4, -0.2) is 16.8 Å². The fourth-order valence-corrected chi connectivity index (χ4v) is 1.96. The fourth-order valence-electron chi connectivity index (χ4n) is 1.96. The van der Waals surface area contributed by atoms with Crippen LogP contribution in [-0.2, 0) is 6.42 Å². The Morgan fingerprint density at radius 3 is 2.88 bits per heavy atom. The molecule has 1 aliphatic rings. The standard InChI is InChI=1S/C12H12N2O2/c15-9-5-3-8(4-6-9)11-12-10(16-14-11)2-1-7-13-12/h3-6,13,15H,1-2,7H2. The number of nitrogens with zero attached hydrogens (tertiary/aromatic N) is 1. The summed E-state index contributed by atoms with van der Waals surface area (Å²) in [6.07, 6.45) is 2.02. The van der Waals surface area contributed by atoms with Gasteiger partial charge in [-0.25, -0.2) is 0 Å². The molecule has 0 unspecified atom stereocenters. The zero-order valence-electron chi connectivity index (χ0n) is 8.73. The van der Waals surface area contributed by atoms with Crippen LogP contribution in [0.1, 0.15) is 12.2 Å². The van der Waals surface area contributed by atoms with E-state index in [1.54, 1.807) is 12.1 Å². The second kappa shape index (κ2) is 3.56. The molecule has 0 saturated carbocycles. The molecular weight excluding hydrogens is 204 g/mol. The van der Waals surface area contributed by atoms with Crippen LogP contribution in [0, 0.1) is 0 Å². The van der Waals surface area contributed by atoms with Crippen molar-refractivity contribution in [3.63, 3.8) is 0 Å². The first-order valence-electron chi connectivity index (χ1n) is 5.36. The summed E-state index contributed by atoms with van der Waals surface area (Å²) in [5.41, 5.74) is 2.78. The molecule has 4 nitrogen and oxygen atoms in total. The maximum absolute atomic E-state index is 9.23. The van der Waals surface area contributed by atoms with Gasteiger partial charge in [0, 0.05) is 18.5 Å². The van der Waals surface area contributed by atoms with Gasteiger partial charge in [0.25, 0.3) is 0 Å². The summed E-state index contributed by atoms with van der Waals surface area (Å²) in [5, 5.41) is 16.6. The number of hydrogen-bond acceptors (Lipinski definition) is 4. The van der Waals surface area contributed by atoms with Gasteiger partial charge >= 0.3 is 0 Å². The van der Waals surface area contributed by atoms with Crippen LogP contribution < -0.4 is 5.32 Å². The Kier molecular flexibility index (Phi) is 2.06. The molecular formula is C12H12N2O2. The molecule has 0 saturated heterocycles. The molecule has 0 spiro atoms. The van der Waals surface area contributed by atoms with Gasteiger partial charge in [0.05, 0.1) is 0 Å². The number of aromatic nitrogens is 1. The molecule has 2 N–H and O–H groups in total. The summed E-state index contributed by atoms with van der Waals surface area (Å²) in [6.45, 7) is 0.958. The Bertz CT molecular complexity index is 502. The van der Waals surface area contributed by atoms with E-state index in [2.05, 4.69) is 10.5 Å². The second-order valence-electron chi connectivity index (χ2n) is 3.91. The molecule has 16 heavy (non-hydrogen) atoms. The highest BCUT2D eigenvalue weighted by molar-refractivity contribution is 5.76. The van der Waals surface area contributed by atoms with Gasteiger partial charge in [0.15, 0.2) is 5.76 Å². The first-order valence-corrected chi connectivity index (χ1v) is 5.36. The predicted molar refractivity (Wildman–Crippen MR) is 60.4 cm³/mol. The molecule has 1 aromatic carbocycles. The number of aromatic hydroxyl groups is 1. The van der Waals surface area contributed by atoms with Crippen molar-refractivity contribution < 1.29 is 9.63 Å². The van der Waals surface area contributed by atoms with Crippen molar-refractivity contribution in [3.8, 4) is 17.0 Å². The van der Waals surface area contributed by atoms with Gasteiger partial charge in [-0.15, -0.1) is 0 Å². The normalized spacial score (nSPS) is 14.2. The molecule has 4 heteroatoms. The Labute approximate surface area is 92.9 Å². The third-order valence-electron chi connectivity index (χ3n) is 2.79. The number of aryl methyl sites for hydroxylation is 1. The minimum absolute atomic E-state index is 0.258. The molecule has 0 fully saturated rings. The van der Waals surface area contributed by atoms with Crippen molar-refractivity contribution >= 4 is 5.69 Å². The zero-order chi connectivity index (χ0) is 11.0. The van der Waals surface area contributed by atoms with Crippen molar-refractivity contribution in [2.45, 2.75) is 12.8 Å². The molecule has 2 heterocycles. The van der Waals surface area contributed by atoms with E-state index in [1.807, 2.05) is 12.1 Å². The summed E-state index contributed by atoms with van der Waals surface area (Å²) < 4.78 is 5.30. The maximum atomic E-state index is 9.23. The number of phenolic OH excluding ortho intramolecular Hbond substituents is 1. The largest absolute Gasteiger partial charge is 0.508 e. The van der Waals surface area contributed by atoms with Gasteiger partial charge in [-0.05, 0) is 30.7 Å². The third-order valence-corrected chi connectivity index (χ3v) is 2.79. The van der Waals surface area contributed by atoms with Crippen molar-refractivity contribution in [1.29, 1.82) is 0 Å². The molecule has 3 rings (SSSR count). The van der Waals surface area contributed by atoms with Gasteiger partial charge in [-0.3, -0.25) is 0 Å². The molecule has 0 bridgehead atoms. The topological polar surface area (TPSA) is 58.3 Å². The van der Waals surface area contributed by atoms with Crippen molar-refractivity contribution in [3.05, 3.63) is 30.0 Å². The van der Waals surface area contributed by atoms with E-state index in [1.165, 1.54) is 0 Å². The van der Waals surface area contributed by atoms with Crippen LogP contribution in [0.5, 0.6) is 5.75 Å². The minimum Gasteiger partial charge on any atom is -0.508 e. The molecule has 1 aliphatic heterocycles. The van der Waals surface area contributed by atoms with Crippen LogP contribution in [0.25, 0.3) is 11.3 Å². The lowest BCUT2D eigenvalue weighted by Crippen LogP contribution is -2.10. The monoisotopic (exact) mass is 216 g/mol. The van der Waals surface area contributed by atoms with Crippen LogP contribution in [0.4, 0.5) is 5.69 Å². The minimum atomic E-state index is 0.258. The van der Waals surface area contributed by atoms with E-state index in [9.17, 15) is 5.11 Å². The highest BCUT2D eigenvalue weighted by atomic mass is 16.5. The second-order valence-corrected chi connectivity index (χ2v) is 3.91. The summed E-state index contributed by atoms with van der Waals surface area (Å²) in [5.74, 6) is 1.18. The van der Waals surface area contributed by atoms with Crippen molar-refractivity contribution in [2.75, 3.05) is 11.9 Å². The lowest BCUT2D eigenvalue weighted by Gasteiger charge is -2.12. The predicted octanol–water partition coefficient (Wildman–Crippen LogP) is 2.41. The number of anilines is 1. The molecule has 82 valence electrons. The molecule has 0 atom stereocenters. The van der Waals surface area contributed by atoms with Gasteiger partial charge in [-0.2, -0.15) is 0 Å². The van der Waals surface area contributed by atoms with E-state index in [0.717, 1.165) is 42.1 Å². The average Bonchev–Trinajstić information content (AvgIpc) is 2.74. The number of hydrogen-bond donors (Lipinski definition) is 2.